The average molecular weight is 341 g/mol. The van der Waals surface area contributed by atoms with Gasteiger partial charge in [0, 0.05) is 23.8 Å². The lowest BCUT2D eigenvalue weighted by atomic mass is 10.1. The van der Waals surface area contributed by atoms with Gasteiger partial charge in [-0.05, 0) is 24.6 Å². The molecule has 1 heterocycles. The van der Waals surface area contributed by atoms with Gasteiger partial charge in [0.2, 0.25) is 0 Å². The number of aryl methyl sites for hydroxylation is 1. The molecule has 0 saturated heterocycles. The summed E-state index contributed by atoms with van der Waals surface area (Å²) in [5.74, 6) is 0. The first-order valence-corrected chi connectivity index (χ1v) is 7.74. The van der Waals surface area contributed by atoms with E-state index in [9.17, 15) is 20.2 Å². The Morgan fingerprint density at radius 1 is 1.04 bits per heavy atom. The van der Waals surface area contributed by atoms with Crippen LogP contribution in [0.25, 0.3) is 22.4 Å². The zero-order valence-corrected chi connectivity index (χ0v) is 13.3. The third-order valence-corrected chi connectivity index (χ3v) is 4.45. The molecule has 3 rings (SSSR count). The summed E-state index contributed by atoms with van der Waals surface area (Å²) in [5.41, 5.74) is 1.92. The Morgan fingerprint density at radius 2 is 1.83 bits per heavy atom. The van der Waals surface area contributed by atoms with E-state index in [-0.39, 0.29) is 11.4 Å². The molecule has 0 N–H and O–H groups in total. The number of nitro benzene ring substituents is 2. The van der Waals surface area contributed by atoms with Crippen molar-refractivity contribution in [2.24, 2.45) is 0 Å². The van der Waals surface area contributed by atoms with E-state index in [4.69, 9.17) is 0 Å². The van der Waals surface area contributed by atoms with E-state index < -0.39 is 9.85 Å². The molecule has 8 heteroatoms. The second kappa shape index (κ2) is 6.17. The predicted molar refractivity (Wildman–Crippen MR) is 93.0 cm³/mol. The molecule has 0 aliphatic carbocycles. The largest absolute Gasteiger partial charge is 0.272 e. The van der Waals surface area contributed by atoms with Gasteiger partial charge >= 0.3 is 0 Å². The maximum absolute atomic E-state index is 11.0. The second-order valence-corrected chi connectivity index (χ2v) is 6.16. The number of aromatic nitrogens is 1. The number of hydrogen-bond donors (Lipinski definition) is 0. The molecule has 3 aromatic rings. The van der Waals surface area contributed by atoms with Crippen molar-refractivity contribution in [1.82, 2.24) is 4.98 Å². The van der Waals surface area contributed by atoms with Crippen LogP contribution in [-0.4, -0.2) is 14.8 Å². The normalized spacial score (nSPS) is 11.2. The Kier molecular flexibility index (Phi) is 4.05. The quantitative estimate of drug-likeness (QED) is 0.510. The molecule has 0 unspecified atom stereocenters. The molecule has 0 radical (unpaired) electrons. The summed E-state index contributed by atoms with van der Waals surface area (Å²) < 4.78 is 0.843. The summed E-state index contributed by atoms with van der Waals surface area (Å²) in [7, 11) is 0. The third kappa shape index (κ3) is 3.13. The van der Waals surface area contributed by atoms with Crippen molar-refractivity contribution in [2.45, 2.75) is 6.92 Å². The summed E-state index contributed by atoms with van der Waals surface area (Å²) in [4.78, 5) is 25.2. The van der Waals surface area contributed by atoms with Crippen LogP contribution in [0, 0.1) is 27.2 Å². The van der Waals surface area contributed by atoms with Crippen LogP contribution in [0.2, 0.25) is 0 Å². The highest BCUT2D eigenvalue weighted by Crippen LogP contribution is 2.27. The highest BCUT2D eigenvalue weighted by molar-refractivity contribution is 7.19. The maximum Gasteiger partial charge on any atom is 0.272 e. The van der Waals surface area contributed by atoms with E-state index >= 15 is 0 Å². The maximum atomic E-state index is 11.0. The van der Waals surface area contributed by atoms with E-state index in [0.717, 1.165) is 4.70 Å². The first kappa shape index (κ1) is 15.8. The fourth-order valence-corrected chi connectivity index (χ4v) is 3.06. The predicted octanol–water partition coefficient (Wildman–Crippen LogP) is 4.59. The molecular weight excluding hydrogens is 330 g/mol. The molecule has 24 heavy (non-hydrogen) atoms. The minimum absolute atomic E-state index is 0.00233. The van der Waals surface area contributed by atoms with Crippen molar-refractivity contribution in [1.29, 1.82) is 0 Å². The first-order chi connectivity index (χ1) is 11.4. The molecule has 120 valence electrons. The average Bonchev–Trinajstić information content (AvgIpc) is 2.95. The molecule has 0 atom stereocenters. The molecule has 1 aromatic heterocycles. The van der Waals surface area contributed by atoms with Gasteiger partial charge in [-0.15, -0.1) is 11.3 Å². The smallest absolute Gasteiger partial charge is 0.258 e. The third-order valence-electron chi connectivity index (χ3n) is 3.45. The number of non-ortho nitro benzene ring substituents is 1. The number of benzene rings is 2. The molecule has 0 aliphatic heterocycles. The van der Waals surface area contributed by atoms with Gasteiger partial charge in [0.15, 0.2) is 0 Å². The number of thiazole rings is 1. The lowest BCUT2D eigenvalue weighted by molar-refractivity contribution is -0.385. The summed E-state index contributed by atoms with van der Waals surface area (Å²) in [6.07, 6.45) is 3.48. The standard InChI is InChI=1S/C16H11N3O4S/c1-10-2-3-11(8-14(10)19(22)23)4-7-16-17-13-9-12(18(20)21)5-6-15(13)24-16/h2-9H,1H3/b7-4+. The molecule has 0 fully saturated rings. The van der Waals surface area contributed by atoms with E-state index in [0.29, 0.717) is 21.7 Å². The summed E-state index contributed by atoms with van der Waals surface area (Å²) in [5, 5.41) is 22.4. The van der Waals surface area contributed by atoms with Crippen LogP contribution in [-0.2, 0) is 0 Å². The van der Waals surface area contributed by atoms with Crippen molar-refractivity contribution in [3.63, 3.8) is 0 Å². The molecule has 7 nitrogen and oxygen atoms in total. The van der Waals surface area contributed by atoms with Gasteiger partial charge in [0.05, 0.1) is 20.1 Å². The van der Waals surface area contributed by atoms with Gasteiger partial charge in [0.25, 0.3) is 11.4 Å². The lowest BCUT2D eigenvalue weighted by Gasteiger charge is -1.98. The summed E-state index contributed by atoms with van der Waals surface area (Å²) >= 11 is 1.40. The molecule has 0 spiro atoms. The number of nitrogens with zero attached hydrogens (tertiary/aromatic N) is 3. The van der Waals surface area contributed by atoms with Crippen LogP contribution in [0.5, 0.6) is 0 Å². The summed E-state index contributed by atoms with van der Waals surface area (Å²) in [6.45, 7) is 1.69. The van der Waals surface area contributed by atoms with Gasteiger partial charge in [-0.25, -0.2) is 4.98 Å². The van der Waals surface area contributed by atoms with Crippen molar-refractivity contribution in [2.75, 3.05) is 0 Å². The number of hydrogen-bond acceptors (Lipinski definition) is 6. The Labute approximate surface area is 140 Å². The fourth-order valence-electron chi connectivity index (χ4n) is 2.21. The van der Waals surface area contributed by atoms with Gasteiger partial charge in [-0.2, -0.15) is 0 Å². The Bertz CT molecular complexity index is 994. The minimum Gasteiger partial charge on any atom is -0.258 e. The molecule has 0 aliphatic rings. The Morgan fingerprint density at radius 3 is 2.54 bits per heavy atom. The van der Waals surface area contributed by atoms with Crippen molar-refractivity contribution >= 4 is 45.1 Å². The monoisotopic (exact) mass is 341 g/mol. The van der Waals surface area contributed by atoms with Crippen LogP contribution in [0.1, 0.15) is 16.1 Å². The second-order valence-electron chi connectivity index (χ2n) is 5.10. The van der Waals surface area contributed by atoms with E-state index in [2.05, 4.69) is 4.98 Å². The van der Waals surface area contributed by atoms with Crippen LogP contribution in [0.4, 0.5) is 11.4 Å². The zero-order valence-electron chi connectivity index (χ0n) is 12.5. The molecule has 0 saturated carbocycles. The van der Waals surface area contributed by atoms with Crippen LogP contribution in [0.15, 0.2) is 36.4 Å². The highest BCUT2D eigenvalue weighted by atomic mass is 32.1. The number of rotatable bonds is 4. The molecular formula is C16H11N3O4S. The van der Waals surface area contributed by atoms with E-state index in [1.807, 2.05) is 0 Å². The van der Waals surface area contributed by atoms with E-state index in [1.165, 1.54) is 29.5 Å². The lowest BCUT2D eigenvalue weighted by Crippen LogP contribution is -1.91. The Hall–Kier alpha value is -3.13. The van der Waals surface area contributed by atoms with Crippen molar-refractivity contribution in [3.05, 3.63) is 72.8 Å². The van der Waals surface area contributed by atoms with E-state index in [1.54, 1.807) is 37.3 Å². The SMILES string of the molecule is Cc1ccc(/C=C/c2nc3cc([N+](=O)[O-])ccc3s2)cc1[N+](=O)[O-]. The van der Waals surface area contributed by atoms with Gasteiger partial charge < -0.3 is 0 Å². The molecule has 0 amide bonds. The number of fused-ring (bicyclic) bond motifs is 1. The Balaban J connectivity index is 1.92. The van der Waals surface area contributed by atoms with Gasteiger partial charge in [0.1, 0.15) is 5.01 Å². The topological polar surface area (TPSA) is 99.2 Å². The van der Waals surface area contributed by atoms with Crippen molar-refractivity contribution < 1.29 is 9.85 Å². The first-order valence-electron chi connectivity index (χ1n) is 6.92. The number of nitro groups is 2. The zero-order chi connectivity index (χ0) is 17.3. The van der Waals surface area contributed by atoms with Crippen LogP contribution in [0.3, 0.4) is 0 Å². The van der Waals surface area contributed by atoms with Crippen LogP contribution >= 0.6 is 11.3 Å². The highest BCUT2D eigenvalue weighted by Gasteiger charge is 2.11. The van der Waals surface area contributed by atoms with Gasteiger partial charge in [-0.3, -0.25) is 20.2 Å². The fraction of sp³-hybridized carbons (Fsp3) is 0.0625. The molecule has 2 aromatic carbocycles. The minimum atomic E-state index is -0.459. The summed E-state index contributed by atoms with van der Waals surface area (Å²) in [6, 6.07) is 9.52. The van der Waals surface area contributed by atoms with Gasteiger partial charge in [-0.1, -0.05) is 18.2 Å². The van der Waals surface area contributed by atoms with Crippen LogP contribution < -0.4 is 0 Å². The van der Waals surface area contributed by atoms with Crippen molar-refractivity contribution in [3.8, 4) is 0 Å². The molecule has 0 bridgehead atoms.